The molecule has 0 aromatic carbocycles. The third-order valence-electron chi connectivity index (χ3n) is 2.99. The summed E-state index contributed by atoms with van der Waals surface area (Å²) in [4.78, 5) is 39.4. The fourth-order valence-corrected chi connectivity index (χ4v) is 2.09. The summed E-state index contributed by atoms with van der Waals surface area (Å²) in [6.07, 6.45) is 0.183. The molecule has 1 saturated heterocycles. The number of ether oxygens (including phenoxy) is 2. The number of hydrogen-bond acceptors (Lipinski definition) is 5. The van der Waals surface area contributed by atoms with Gasteiger partial charge in [-0.25, -0.2) is 9.59 Å². The van der Waals surface area contributed by atoms with E-state index in [0.29, 0.717) is 0 Å². The standard InChI is InChI=1S/C13H19N3O5/c1-13(2,3)21-12(19)16-7-8(10(17)6-15-14)5-9(16)11(18)20-4/h6,8-9H,5,7H2,1-4H3/t8-,9-/m0/s1. The van der Waals surface area contributed by atoms with E-state index in [2.05, 4.69) is 9.53 Å². The highest BCUT2D eigenvalue weighted by Crippen LogP contribution is 2.26. The maximum absolute atomic E-state index is 12.1. The summed E-state index contributed by atoms with van der Waals surface area (Å²) in [5.41, 5.74) is 7.68. The van der Waals surface area contributed by atoms with Gasteiger partial charge in [-0.05, 0) is 27.2 Å². The third kappa shape index (κ3) is 4.39. The first kappa shape index (κ1) is 16.8. The van der Waals surface area contributed by atoms with Crippen LogP contribution in [-0.4, -0.2) is 59.0 Å². The van der Waals surface area contributed by atoms with Crippen molar-refractivity contribution in [3.63, 3.8) is 0 Å². The molecule has 0 bridgehead atoms. The number of carbonyl (C=O) groups is 3. The molecule has 0 radical (unpaired) electrons. The van der Waals surface area contributed by atoms with Gasteiger partial charge in [0.05, 0.1) is 7.11 Å². The second kappa shape index (κ2) is 6.49. The van der Waals surface area contributed by atoms with E-state index in [4.69, 9.17) is 10.3 Å². The van der Waals surface area contributed by atoms with Crippen molar-refractivity contribution in [2.24, 2.45) is 5.92 Å². The maximum Gasteiger partial charge on any atom is 0.411 e. The Kier molecular flexibility index (Phi) is 5.21. The van der Waals surface area contributed by atoms with Crippen molar-refractivity contribution in [1.82, 2.24) is 4.90 Å². The van der Waals surface area contributed by atoms with E-state index >= 15 is 0 Å². The van der Waals surface area contributed by atoms with Crippen molar-refractivity contribution in [1.29, 1.82) is 0 Å². The molecule has 116 valence electrons. The molecule has 0 N–H and O–H groups in total. The molecule has 8 heteroatoms. The minimum absolute atomic E-state index is 0.0134. The fourth-order valence-electron chi connectivity index (χ4n) is 2.09. The minimum Gasteiger partial charge on any atom is -0.467 e. The van der Waals surface area contributed by atoms with Crippen molar-refractivity contribution >= 4 is 24.1 Å². The molecule has 1 aliphatic heterocycles. The second-order valence-electron chi connectivity index (χ2n) is 5.75. The molecule has 1 heterocycles. The van der Waals surface area contributed by atoms with Gasteiger partial charge in [-0.2, -0.15) is 4.79 Å². The number of esters is 1. The van der Waals surface area contributed by atoms with E-state index in [9.17, 15) is 14.4 Å². The molecule has 0 saturated carbocycles. The SMILES string of the molecule is COC(=O)[C@@H]1C[C@H](C(=O)C=[N+]=[N-])CN1C(=O)OC(C)(C)C. The first-order valence-corrected chi connectivity index (χ1v) is 6.48. The van der Waals surface area contributed by atoms with Crippen molar-refractivity contribution in [2.75, 3.05) is 13.7 Å². The number of likely N-dealkylation sites (tertiary alicyclic amines) is 1. The van der Waals surface area contributed by atoms with Gasteiger partial charge in [0, 0.05) is 12.5 Å². The van der Waals surface area contributed by atoms with Crippen LogP contribution in [0.15, 0.2) is 0 Å². The van der Waals surface area contributed by atoms with Crippen LogP contribution in [0.5, 0.6) is 0 Å². The Morgan fingerprint density at radius 3 is 2.43 bits per heavy atom. The number of Topliss-reactive ketones (excluding diaryl/α,β-unsaturated/α-hetero) is 1. The van der Waals surface area contributed by atoms with Gasteiger partial charge >= 0.3 is 18.3 Å². The average molecular weight is 297 g/mol. The molecule has 0 unspecified atom stereocenters. The van der Waals surface area contributed by atoms with Gasteiger partial charge in [-0.3, -0.25) is 9.69 Å². The van der Waals surface area contributed by atoms with Crippen molar-refractivity contribution in [2.45, 2.75) is 38.8 Å². The normalized spacial score (nSPS) is 21.4. The van der Waals surface area contributed by atoms with Gasteiger partial charge in [-0.1, -0.05) is 0 Å². The van der Waals surface area contributed by atoms with Crippen molar-refractivity contribution in [3.05, 3.63) is 5.53 Å². The van der Waals surface area contributed by atoms with Gasteiger partial charge in [0.15, 0.2) is 0 Å². The van der Waals surface area contributed by atoms with E-state index in [1.165, 1.54) is 12.0 Å². The Hall–Kier alpha value is -2.21. The minimum atomic E-state index is -0.883. The van der Waals surface area contributed by atoms with Crippen LogP contribution < -0.4 is 0 Å². The maximum atomic E-state index is 12.1. The van der Waals surface area contributed by atoms with Crippen molar-refractivity contribution < 1.29 is 28.6 Å². The highest BCUT2D eigenvalue weighted by atomic mass is 16.6. The van der Waals surface area contributed by atoms with E-state index in [1.54, 1.807) is 20.8 Å². The lowest BCUT2D eigenvalue weighted by Crippen LogP contribution is -2.43. The Morgan fingerprint density at radius 1 is 1.33 bits per heavy atom. The smallest absolute Gasteiger partial charge is 0.411 e. The largest absolute Gasteiger partial charge is 0.467 e. The van der Waals surface area contributed by atoms with Crippen LogP contribution in [0, 0.1) is 5.92 Å². The Balaban J connectivity index is 2.92. The molecule has 1 fully saturated rings. The molecule has 21 heavy (non-hydrogen) atoms. The van der Waals surface area contributed by atoms with Gasteiger partial charge < -0.3 is 15.0 Å². The van der Waals surface area contributed by atoms with Gasteiger partial charge in [0.2, 0.25) is 5.78 Å². The molecule has 1 rings (SSSR count). The van der Waals surface area contributed by atoms with Gasteiger partial charge in [0.25, 0.3) is 0 Å². The molecular weight excluding hydrogens is 278 g/mol. The number of hydrogen-bond donors (Lipinski definition) is 0. The molecule has 8 nitrogen and oxygen atoms in total. The van der Waals surface area contributed by atoms with Crippen LogP contribution in [0.4, 0.5) is 4.79 Å². The molecule has 0 aliphatic carbocycles. The summed E-state index contributed by atoms with van der Waals surface area (Å²) in [6, 6.07) is -0.883. The highest BCUT2D eigenvalue weighted by molar-refractivity contribution is 6.26. The highest BCUT2D eigenvalue weighted by Gasteiger charge is 2.44. The zero-order valence-corrected chi connectivity index (χ0v) is 12.5. The summed E-state index contributed by atoms with van der Waals surface area (Å²) in [6.45, 7) is 5.12. The Labute approximate surface area is 122 Å². The zero-order chi connectivity index (χ0) is 16.2. The van der Waals surface area contributed by atoms with Gasteiger partial charge in [0.1, 0.15) is 11.6 Å². The molecular formula is C13H19N3O5. The average Bonchev–Trinajstić information content (AvgIpc) is 2.81. The number of amides is 1. The summed E-state index contributed by atoms with van der Waals surface area (Å²) in [7, 11) is 1.21. The summed E-state index contributed by atoms with van der Waals surface area (Å²) >= 11 is 0. The first-order valence-electron chi connectivity index (χ1n) is 6.48. The Morgan fingerprint density at radius 2 is 1.95 bits per heavy atom. The molecule has 1 amide bonds. The van der Waals surface area contributed by atoms with Crippen LogP contribution >= 0.6 is 0 Å². The van der Waals surface area contributed by atoms with Crippen LogP contribution in [0.2, 0.25) is 0 Å². The van der Waals surface area contributed by atoms with E-state index in [1.807, 2.05) is 0 Å². The van der Waals surface area contributed by atoms with Gasteiger partial charge in [-0.15, -0.1) is 0 Å². The fraction of sp³-hybridized carbons (Fsp3) is 0.692. The number of carbonyl (C=O) groups excluding carboxylic acids is 3. The number of rotatable bonds is 3. The molecule has 2 atom stereocenters. The number of methoxy groups -OCH3 is 1. The molecule has 0 aromatic rings. The van der Waals surface area contributed by atoms with Crippen LogP contribution in [0.1, 0.15) is 27.2 Å². The van der Waals surface area contributed by atoms with Crippen LogP contribution in [0.25, 0.3) is 5.53 Å². The third-order valence-corrected chi connectivity index (χ3v) is 2.99. The Bertz CT molecular complexity index is 491. The van der Waals surface area contributed by atoms with E-state index < -0.39 is 35.4 Å². The van der Waals surface area contributed by atoms with Crippen molar-refractivity contribution in [3.8, 4) is 0 Å². The monoisotopic (exact) mass is 297 g/mol. The lowest BCUT2D eigenvalue weighted by molar-refractivity contribution is -0.145. The summed E-state index contributed by atoms with van der Waals surface area (Å²) < 4.78 is 9.87. The van der Waals surface area contributed by atoms with E-state index in [-0.39, 0.29) is 13.0 Å². The molecule has 1 aliphatic rings. The molecule has 0 aromatic heterocycles. The quantitative estimate of drug-likeness (QED) is 0.329. The van der Waals surface area contributed by atoms with Crippen LogP contribution in [-0.2, 0) is 19.1 Å². The second-order valence-corrected chi connectivity index (χ2v) is 5.75. The lowest BCUT2D eigenvalue weighted by Gasteiger charge is -2.27. The number of nitrogens with zero attached hydrogens (tertiary/aromatic N) is 3. The first-order chi connectivity index (χ1) is 9.69. The van der Waals surface area contributed by atoms with E-state index in [0.717, 1.165) is 6.21 Å². The van der Waals surface area contributed by atoms with Crippen LogP contribution in [0.3, 0.4) is 0 Å². The predicted octanol–water partition coefficient (Wildman–Crippen LogP) is 0.655. The lowest BCUT2D eigenvalue weighted by atomic mass is 10.0. The topological polar surface area (TPSA) is 109 Å². The zero-order valence-electron chi connectivity index (χ0n) is 12.5. The number of ketones is 1. The molecule has 0 spiro atoms. The predicted molar refractivity (Wildman–Crippen MR) is 71.5 cm³/mol. The summed E-state index contributed by atoms with van der Waals surface area (Å²) in [5.74, 6) is -1.70. The summed E-state index contributed by atoms with van der Waals surface area (Å²) in [5, 5.41) is 0.